The molecule has 2 amide bonds. The number of pyridine rings is 1. The minimum atomic E-state index is -0.722. The molecule has 2 aromatic heterocycles. The molecule has 3 saturated heterocycles. The van der Waals surface area contributed by atoms with Gasteiger partial charge in [0.25, 0.3) is 0 Å². The summed E-state index contributed by atoms with van der Waals surface area (Å²) in [6.45, 7) is 4.02. The average molecular weight is 614 g/mol. The van der Waals surface area contributed by atoms with Gasteiger partial charge in [-0.3, -0.25) is 19.6 Å². The molecule has 0 radical (unpaired) electrons. The van der Waals surface area contributed by atoms with Gasteiger partial charge in [-0.15, -0.1) is 5.10 Å². The second-order valence-corrected chi connectivity index (χ2v) is 12.8. The Morgan fingerprint density at radius 1 is 1.16 bits per heavy atom. The number of rotatable bonds is 8. The summed E-state index contributed by atoms with van der Waals surface area (Å²) in [5.41, 5.74) is 1.26. The van der Waals surface area contributed by atoms with Crippen LogP contribution in [-0.2, 0) is 21.5 Å². The van der Waals surface area contributed by atoms with Crippen LogP contribution in [0.5, 0.6) is 0 Å². The summed E-state index contributed by atoms with van der Waals surface area (Å²) in [6.07, 6.45) is 6.00. The molecule has 1 aromatic carbocycles. The van der Waals surface area contributed by atoms with Crippen molar-refractivity contribution in [3.63, 3.8) is 0 Å². The standard InChI is InChI=1S/C32H36FN9O3/c1-38(2)22-7-10-39(11-8-22)19-30(43)40-17-26-27(18-40)32(26,20-34)29-6-3-21(14-35-29)25-5-4-23(13-28(25)33)42-16-24(45-31(42)44)15-41-12-9-36-37-41/h3-6,9,12-14,22,24,26-27H,7-8,10-11,15-19H2,1-2H3/t24-,26-,27+,32?/m0/s1. The van der Waals surface area contributed by atoms with Gasteiger partial charge < -0.3 is 14.5 Å². The summed E-state index contributed by atoms with van der Waals surface area (Å²) in [7, 11) is 4.21. The van der Waals surface area contributed by atoms with Crippen LogP contribution in [0.1, 0.15) is 18.5 Å². The Balaban J connectivity index is 0.969. The highest BCUT2D eigenvalue weighted by Gasteiger charge is 2.71. The number of hydrogen-bond acceptors (Lipinski definition) is 9. The molecule has 3 aliphatic heterocycles. The number of aromatic nitrogens is 4. The smallest absolute Gasteiger partial charge is 0.414 e. The molecular formula is C32H36FN9O3. The number of carbonyl (C=O) groups is 2. The summed E-state index contributed by atoms with van der Waals surface area (Å²) in [4.78, 5) is 38.0. The van der Waals surface area contributed by atoms with Crippen molar-refractivity contribution in [2.75, 3.05) is 58.3 Å². The molecule has 234 valence electrons. The highest BCUT2D eigenvalue weighted by molar-refractivity contribution is 5.90. The fourth-order valence-corrected chi connectivity index (χ4v) is 7.39. The Hall–Kier alpha value is -4.41. The molecule has 1 aliphatic carbocycles. The Kier molecular flexibility index (Phi) is 7.49. The van der Waals surface area contributed by atoms with Crippen LogP contribution in [-0.4, -0.2) is 112 Å². The van der Waals surface area contributed by atoms with E-state index in [4.69, 9.17) is 4.74 Å². The molecule has 4 aliphatic rings. The van der Waals surface area contributed by atoms with E-state index in [-0.39, 0.29) is 24.3 Å². The van der Waals surface area contributed by atoms with Crippen molar-refractivity contribution in [2.45, 2.75) is 36.9 Å². The lowest BCUT2D eigenvalue weighted by molar-refractivity contribution is -0.132. The third-order valence-corrected chi connectivity index (χ3v) is 10.1. The first kappa shape index (κ1) is 29.3. The van der Waals surface area contributed by atoms with Gasteiger partial charge in [0.1, 0.15) is 17.3 Å². The lowest BCUT2D eigenvalue weighted by Crippen LogP contribution is -2.47. The number of halogens is 1. The number of nitriles is 1. The third kappa shape index (κ3) is 5.32. The summed E-state index contributed by atoms with van der Waals surface area (Å²) >= 11 is 0. The number of likely N-dealkylation sites (tertiary alicyclic amines) is 2. The van der Waals surface area contributed by atoms with Gasteiger partial charge in [-0.1, -0.05) is 11.3 Å². The molecule has 0 N–H and O–H groups in total. The maximum atomic E-state index is 15.3. The van der Waals surface area contributed by atoms with Crippen molar-refractivity contribution in [3.8, 4) is 17.2 Å². The highest BCUT2D eigenvalue weighted by Crippen LogP contribution is 2.62. The van der Waals surface area contributed by atoms with Gasteiger partial charge >= 0.3 is 6.09 Å². The molecule has 4 atom stereocenters. The molecule has 0 bridgehead atoms. The Morgan fingerprint density at radius 2 is 1.93 bits per heavy atom. The average Bonchev–Trinajstić information content (AvgIpc) is 3.54. The summed E-state index contributed by atoms with van der Waals surface area (Å²) in [6, 6.07) is 11.3. The normalized spacial score (nSPS) is 26.6. The second-order valence-electron chi connectivity index (χ2n) is 12.8. The second kappa shape index (κ2) is 11.5. The molecule has 45 heavy (non-hydrogen) atoms. The van der Waals surface area contributed by atoms with E-state index in [0.717, 1.165) is 25.9 Å². The first-order chi connectivity index (χ1) is 21.8. The number of anilines is 1. The number of cyclic esters (lactones) is 1. The highest BCUT2D eigenvalue weighted by atomic mass is 19.1. The van der Waals surface area contributed by atoms with Crippen LogP contribution < -0.4 is 4.90 Å². The minimum Gasteiger partial charge on any atom is -0.442 e. The predicted octanol–water partition coefficient (Wildman–Crippen LogP) is 2.38. The number of hydrogen-bond donors (Lipinski definition) is 0. The largest absolute Gasteiger partial charge is 0.442 e. The van der Waals surface area contributed by atoms with E-state index in [2.05, 4.69) is 45.3 Å². The molecule has 5 heterocycles. The third-order valence-electron chi connectivity index (χ3n) is 10.1. The van der Waals surface area contributed by atoms with Crippen LogP contribution in [0, 0.1) is 29.0 Å². The minimum absolute atomic E-state index is 0.0499. The molecule has 1 saturated carbocycles. The zero-order chi connectivity index (χ0) is 31.3. The van der Waals surface area contributed by atoms with Gasteiger partial charge in [0, 0.05) is 67.6 Å². The van der Waals surface area contributed by atoms with Crippen molar-refractivity contribution >= 4 is 17.7 Å². The SMILES string of the molecule is CN(C)C1CCN(CC(=O)N2C[C@@H]3[C@H](C2)C3(C#N)c2ccc(-c3ccc(N4C[C@H](Cn5ccnn5)OC4=O)cc3F)cn2)CC1. The van der Waals surface area contributed by atoms with Crippen LogP contribution in [0.3, 0.4) is 0 Å². The van der Waals surface area contributed by atoms with E-state index in [9.17, 15) is 14.9 Å². The van der Waals surface area contributed by atoms with Gasteiger partial charge in [0.15, 0.2) is 0 Å². The fraction of sp³-hybridized carbons (Fsp3) is 0.500. The van der Waals surface area contributed by atoms with Crippen molar-refractivity contribution < 1.29 is 18.7 Å². The number of nitrogens with zero attached hydrogens (tertiary/aromatic N) is 9. The van der Waals surface area contributed by atoms with E-state index in [1.165, 1.54) is 11.0 Å². The van der Waals surface area contributed by atoms with Gasteiger partial charge in [0.2, 0.25) is 5.91 Å². The Morgan fingerprint density at radius 3 is 2.56 bits per heavy atom. The molecule has 1 unspecified atom stereocenters. The van der Waals surface area contributed by atoms with Gasteiger partial charge in [0.05, 0.1) is 43.3 Å². The topological polar surface area (TPSA) is 124 Å². The maximum Gasteiger partial charge on any atom is 0.414 e. The monoisotopic (exact) mass is 613 g/mol. The van der Waals surface area contributed by atoms with Crippen molar-refractivity contribution in [2.24, 2.45) is 11.8 Å². The number of ether oxygens (including phenoxy) is 1. The predicted molar refractivity (Wildman–Crippen MR) is 161 cm³/mol. The lowest BCUT2D eigenvalue weighted by atomic mass is 9.95. The van der Waals surface area contributed by atoms with E-state index < -0.39 is 23.4 Å². The van der Waals surface area contributed by atoms with Crippen LogP contribution >= 0.6 is 0 Å². The fourth-order valence-electron chi connectivity index (χ4n) is 7.39. The number of carbonyl (C=O) groups excluding carboxylic acids is 2. The van der Waals surface area contributed by atoms with Gasteiger partial charge in [-0.2, -0.15) is 5.26 Å². The van der Waals surface area contributed by atoms with E-state index >= 15 is 4.39 Å². The van der Waals surface area contributed by atoms with Crippen molar-refractivity contribution in [1.82, 2.24) is 34.7 Å². The van der Waals surface area contributed by atoms with Crippen LogP contribution in [0.15, 0.2) is 48.9 Å². The number of amides is 2. The van der Waals surface area contributed by atoms with E-state index in [1.54, 1.807) is 47.5 Å². The van der Waals surface area contributed by atoms with Crippen LogP contribution in [0.2, 0.25) is 0 Å². The number of piperidine rings is 2. The zero-order valence-electron chi connectivity index (χ0n) is 25.4. The molecule has 3 aromatic rings. The quantitative estimate of drug-likeness (QED) is 0.377. The molecule has 12 nitrogen and oxygen atoms in total. The maximum absolute atomic E-state index is 15.3. The van der Waals surface area contributed by atoms with Gasteiger partial charge in [-0.25, -0.2) is 13.9 Å². The first-order valence-corrected chi connectivity index (χ1v) is 15.4. The summed E-state index contributed by atoms with van der Waals surface area (Å²) in [5, 5.41) is 17.9. The molecule has 13 heteroatoms. The molecule has 0 spiro atoms. The summed E-state index contributed by atoms with van der Waals surface area (Å²) in [5.74, 6) is -0.261. The lowest BCUT2D eigenvalue weighted by Gasteiger charge is -2.35. The Bertz CT molecular complexity index is 1600. The Labute approximate surface area is 261 Å². The summed E-state index contributed by atoms with van der Waals surface area (Å²) < 4.78 is 22.3. The van der Waals surface area contributed by atoms with Crippen molar-refractivity contribution in [1.29, 1.82) is 5.26 Å². The molecule has 7 rings (SSSR count). The molecule has 4 fully saturated rings. The van der Waals surface area contributed by atoms with Gasteiger partial charge in [-0.05, 0) is 51.2 Å². The van der Waals surface area contributed by atoms with E-state index in [1.807, 2.05) is 4.90 Å². The van der Waals surface area contributed by atoms with Crippen LogP contribution in [0.4, 0.5) is 14.9 Å². The van der Waals surface area contributed by atoms with Crippen molar-refractivity contribution in [3.05, 3.63) is 60.4 Å². The van der Waals surface area contributed by atoms with E-state index in [0.29, 0.717) is 54.7 Å². The number of fused-ring (bicyclic) bond motifs is 1. The number of benzene rings is 1. The molecular weight excluding hydrogens is 577 g/mol. The first-order valence-electron chi connectivity index (χ1n) is 15.4. The zero-order valence-corrected chi connectivity index (χ0v) is 25.4. The van der Waals surface area contributed by atoms with Crippen LogP contribution in [0.25, 0.3) is 11.1 Å².